The Bertz CT molecular complexity index is 494. The molecule has 0 saturated carbocycles. The van der Waals surface area contributed by atoms with Gasteiger partial charge in [0.1, 0.15) is 6.61 Å². The standard InChI is InChI=1S/C14H19N3O4/c15-11-8-17(14(19)20)7-6-12(11)16-13(18)21-9-10-4-2-1-3-5-10/h1-5,11-12H,6-9,15H2,(H,16,18)(H,19,20). The second-order valence-corrected chi connectivity index (χ2v) is 4.99. The number of nitrogens with two attached hydrogens (primary N) is 1. The summed E-state index contributed by atoms with van der Waals surface area (Å²) in [5.41, 5.74) is 6.79. The van der Waals surface area contributed by atoms with Gasteiger partial charge in [0.2, 0.25) is 0 Å². The summed E-state index contributed by atoms with van der Waals surface area (Å²) in [7, 11) is 0. The van der Waals surface area contributed by atoms with Gasteiger partial charge in [-0.3, -0.25) is 0 Å². The van der Waals surface area contributed by atoms with Gasteiger partial charge >= 0.3 is 12.2 Å². The van der Waals surface area contributed by atoms with E-state index in [-0.39, 0.29) is 19.2 Å². The third-order valence-electron chi connectivity index (χ3n) is 3.44. The van der Waals surface area contributed by atoms with Crippen molar-refractivity contribution in [2.75, 3.05) is 13.1 Å². The maximum Gasteiger partial charge on any atom is 0.407 e. The molecule has 2 amide bonds. The van der Waals surface area contributed by atoms with E-state index in [0.29, 0.717) is 13.0 Å². The van der Waals surface area contributed by atoms with Gasteiger partial charge < -0.3 is 25.8 Å². The Morgan fingerprint density at radius 1 is 1.38 bits per heavy atom. The molecule has 114 valence electrons. The molecule has 1 aliphatic rings. The third kappa shape index (κ3) is 4.35. The fraction of sp³-hybridized carbons (Fsp3) is 0.429. The molecular weight excluding hydrogens is 274 g/mol. The van der Waals surface area contributed by atoms with Crippen molar-refractivity contribution in [3.63, 3.8) is 0 Å². The summed E-state index contributed by atoms with van der Waals surface area (Å²) in [5.74, 6) is 0. The number of alkyl carbamates (subject to hydrolysis) is 1. The molecule has 0 spiro atoms. The number of hydrogen-bond donors (Lipinski definition) is 3. The molecule has 0 aliphatic carbocycles. The van der Waals surface area contributed by atoms with E-state index in [1.54, 1.807) is 0 Å². The van der Waals surface area contributed by atoms with Crippen molar-refractivity contribution in [1.82, 2.24) is 10.2 Å². The van der Waals surface area contributed by atoms with Crippen molar-refractivity contribution < 1.29 is 19.4 Å². The lowest BCUT2D eigenvalue weighted by molar-refractivity contribution is 0.111. The van der Waals surface area contributed by atoms with E-state index in [2.05, 4.69) is 5.32 Å². The number of ether oxygens (including phenoxy) is 1. The lowest BCUT2D eigenvalue weighted by Crippen LogP contribution is -2.58. The highest BCUT2D eigenvalue weighted by molar-refractivity contribution is 5.68. The summed E-state index contributed by atoms with van der Waals surface area (Å²) >= 11 is 0. The van der Waals surface area contributed by atoms with E-state index < -0.39 is 18.2 Å². The first kappa shape index (κ1) is 15.1. The largest absolute Gasteiger partial charge is 0.465 e. The van der Waals surface area contributed by atoms with Gasteiger partial charge in [-0.15, -0.1) is 0 Å². The first-order valence-electron chi connectivity index (χ1n) is 6.77. The fourth-order valence-electron chi connectivity index (χ4n) is 2.25. The van der Waals surface area contributed by atoms with Crippen LogP contribution in [0.15, 0.2) is 30.3 Å². The fourth-order valence-corrected chi connectivity index (χ4v) is 2.25. The van der Waals surface area contributed by atoms with E-state index in [0.717, 1.165) is 5.56 Å². The molecule has 7 nitrogen and oxygen atoms in total. The van der Waals surface area contributed by atoms with Crippen molar-refractivity contribution >= 4 is 12.2 Å². The molecule has 1 heterocycles. The quantitative estimate of drug-likeness (QED) is 0.771. The van der Waals surface area contributed by atoms with E-state index in [4.69, 9.17) is 15.6 Å². The van der Waals surface area contributed by atoms with Gasteiger partial charge in [-0.2, -0.15) is 0 Å². The number of benzene rings is 1. The molecule has 1 aromatic carbocycles. The minimum atomic E-state index is -0.990. The number of nitrogens with zero attached hydrogens (tertiary/aromatic N) is 1. The third-order valence-corrected chi connectivity index (χ3v) is 3.44. The molecule has 2 unspecified atom stereocenters. The second kappa shape index (κ2) is 6.94. The Kier molecular flexibility index (Phi) is 4.99. The van der Waals surface area contributed by atoms with Gasteiger partial charge in [-0.1, -0.05) is 30.3 Å². The minimum Gasteiger partial charge on any atom is -0.465 e. The maximum absolute atomic E-state index is 11.7. The van der Waals surface area contributed by atoms with Crippen molar-refractivity contribution in [2.45, 2.75) is 25.1 Å². The lowest BCUT2D eigenvalue weighted by atomic mass is 10.0. The first-order valence-corrected chi connectivity index (χ1v) is 6.77. The van der Waals surface area contributed by atoms with Crippen molar-refractivity contribution in [2.24, 2.45) is 5.73 Å². The summed E-state index contributed by atoms with van der Waals surface area (Å²) in [6, 6.07) is 8.65. The SMILES string of the molecule is NC1CN(C(=O)O)CCC1NC(=O)OCc1ccccc1. The number of carbonyl (C=O) groups is 2. The number of piperidine rings is 1. The average Bonchev–Trinajstić information content (AvgIpc) is 2.48. The molecule has 4 N–H and O–H groups in total. The number of nitrogens with one attached hydrogen (secondary N) is 1. The van der Waals surface area contributed by atoms with E-state index >= 15 is 0 Å². The number of amides is 2. The zero-order valence-corrected chi connectivity index (χ0v) is 11.6. The van der Waals surface area contributed by atoms with Gasteiger partial charge in [0.25, 0.3) is 0 Å². The second-order valence-electron chi connectivity index (χ2n) is 4.99. The Morgan fingerprint density at radius 2 is 2.10 bits per heavy atom. The number of likely N-dealkylation sites (tertiary alicyclic amines) is 1. The van der Waals surface area contributed by atoms with Crippen molar-refractivity contribution in [3.05, 3.63) is 35.9 Å². The van der Waals surface area contributed by atoms with Crippen LogP contribution in [0.5, 0.6) is 0 Å². The lowest BCUT2D eigenvalue weighted by Gasteiger charge is -2.35. The summed E-state index contributed by atoms with van der Waals surface area (Å²) < 4.78 is 5.12. The number of hydrogen-bond acceptors (Lipinski definition) is 4. The van der Waals surface area contributed by atoms with Gasteiger partial charge in [0.15, 0.2) is 0 Å². The maximum atomic E-state index is 11.7. The average molecular weight is 293 g/mol. The van der Waals surface area contributed by atoms with E-state index in [1.807, 2.05) is 30.3 Å². The van der Waals surface area contributed by atoms with Gasteiger partial charge in [0, 0.05) is 19.1 Å². The van der Waals surface area contributed by atoms with Crippen LogP contribution in [0.2, 0.25) is 0 Å². The predicted molar refractivity (Wildman–Crippen MR) is 75.7 cm³/mol. The van der Waals surface area contributed by atoms with Crippen molar-refractivity contribution in [3.8, 4) is 0 Å². The minimum absolute atomic E-state index is 0.190. The van der Waals surface area contributed by atoms with Crippen LogP contribution in [0.3, 0.4) is 0 Å². The zero-order chi connectivity index (χ0) is 15.2. The van der Waals surface area contributed by atoms with Gasteiger partial charge in [-0.05, 0) is 12.0 Å². The molecule has 1 aromatic rings. The molecule has 2 rings (SSSR count). The Morgan fingerprint density at radius 3 is 2.71 bits per heavy atom. The highest BCUT2D eigenvalue weighted by Gasteiger charge is 2.30. The van der Waals surface area contributed by atoms with E-state index in [1.165, 1.54) is 4.90 Å². The Labute approximate surface area is 122 Å². The summed E-state index contributed by atoms with van der Waals surface area (Å²) in [4.78, 5) is 23.8. The summed E-state index contributed by atoms with van der Waals surface area (Å²) in [6.45, 7) is 0.752. The molecule has 0 radical (unpaired) electrons. The van der Waals surface area contributed by atoms with Crippen LogP contribution >= 0.6 is 0 Å². The number of rotatable bonds is 3. The molecule has 7 heteroatoms. The molecule has 1 fully saturated rings. The Hall–Kier alpha value is -2.28. The van der Waals surface area contributed by atoms with Gasteiger partial charge in [-0.25, -0.2) is 9.59 Å². The molecular formula is C14H19N3O4. The number of carbonyl (C=O) groups excluding carboxylic acids is 1. The molecule has 0 bridgehead atoms. The molecule has 0 aromatic heterocycles. The first-order chi connectivity index (χ1) is 10.1. The van der Waals surface area contributed by atoms with Crippen LogP contribution in [0.1, 0.15) is 12.0 Å². The smallest absolute Gasteiger partial charge is 0.407 e. The van der Waals surface area contributed by atoms with Crippen LogP contribution in [-0.2, 0) is 11.3 Å². The van der Waals surface area contributed by atoms with Crippen molar-refractivity contribution in [1.29, 1.82) is 0 Å². The summed E-state index contributed by atoms with van der Waals surface area (Å²) in [5, 5.41) is 11.6. The van der Waals surface area contributed by atoms with Gasteiger partial charge in [0.05, 0.1) is 6.04 Å². The highest BCUT2D eigenvalue weighted by Crippen LogP contribution is 2.10. The van der Waals surface area contributed by atoms with Crippen LogP contribution in [0.25, 0.3) is 0 Å². The monoisotopic (exact) mass is 293 g/mol. The number of carboxylic acid groups (broad SMARTS) is 1. The summed E-state index contributed by atoms with van der Waals surface area (Å²) in [6.07, 6.45) is -1.05. The van der Waals surface area contributed by atoms with Crippen LogP contribution < -0.4 is 11.1 Å². The molecule has 1 saturated heterocycles. The zero-order valence-electron chi connectivity index (χ0n) is 11.6. The predicted octanol–water partition coefficient (Wildman–Crippen LogP) is 0.992. The molecule has 2 atom stereocenters. The van der Waals surface area contributed by atoms with Crippen LogP contribution in [0, 0.1) is 0 Å². The normalized spacial score (nSPS) is 21.7. The highest BCUT2D eigenvalue weighted by atomic mass is 16.5. The van der Waals surface area contributed by atoms with Crippen LogP contribution in [0.4, 0.5) is 9.59 Å². The topological polar surface area (TPSA) is 105 Å². The Balaban J connectivity index is 1.77. The molecule has 1 aliphatic heterocycles. The van der Waals surface area contributed by atoms with E-state index in [9.17, 15) is 9.59 Å². The van der Waals surface area contributed by atoms with Crippen LogP contribution in [-0.4, -0.2) is 47.4 Å². The molecule has 21 heavy (non-hydrogen) atoms.